The Morgan fingerprint density at radius 2 is 2.11 bits per heavy atom. The lowest BCUT2D eigenvalue weighted by atomic mass is 10.1. The predicted octanol–water partition coefficient (Wildman–Crippen LogP) is 4.32. The molecule has 0 saturated heterocycles. The number of fused-ring (bicyclic) bond motifs is 1. The molecule has 28 heavy (non-hydrogen) atoms. The second-order valence-electron chi connectivity index (χ2n) is 7.09. The molecule has 0 fully saturated rings. The molecule has 3 aromatic rings. The van der Waals surface area contributed by atoms with Crippen LogP contribution in [0.5, 0.6) is 0 Å². The summed E-state index contributed by atoms with van der Waals surface area (Å²) in [5.74, 6) is 1.69. The number of aryl methyl sites for hydroxylation is 1. The van der Waals surface area contributed by atoms with Crippen molar-refractivity contribution in [2.75, 3.05) is 4.90 Å². The summed E-state index contributed by atoms with van der Waals surface area (Å²) in [4.78, 5) is 15.2. The van der Waals surface area contributed by atoms with Gasteiger partial charge in [-0.15, -0.1) is 10.2 Å². The van der Waals surface area contributed by atoms with E-state index in [1.807, 2.05) is 47.6 Å². The Kier molecular flexibility index (Phi) is 5.02. The average molecular weight is 397 g/mol. The van der Waals surface area contributed by atoms with Crippen LogP contribution in [0.15, 0.2) is 46.2 Å². The van der Waals surface area contributed by atoms with Gasteiger partial charge in [-0.3, -0.25) is 4.79 Å². The van der Waals surface area contributed by atoms with Gasteiger partial charge in [-0.25, -0.2) is 0 Å². The molecule has 1 aliphatic rings. The molecule has 1 aromatic carbocycles. The monoisotopic (exact) mass is 396 g/mol. The third-order valence-corrected chi connectivity index (χ3v) is 6.28. The number of carbonyl (C=O) groups is 1. The number of rotatable bonds is 5. The lowest BCUT2D eigenvalue weighted by Crippen LogP contribution is -2.40. The van der Waals surface area contributed by atoms with Gasteiger partial charge in [-0.2, -0.15) is 0 Å². The van der Waals surface area contributed by atoms with E-state index in [4.69, 9.17) is 4.42 Å². The Morgan fingerprint density at radius 3 is 2.82 bits per heavy atom. The Hall–Kier alpha value is -2.54. The third-order valence-electron chi connectivity index (χ3n) is 5.21. The van der Waals surface area contributed by atoms with Crippen LogP contribution in [0.4, 0.5) is 5.69 Å². The number of nitrogens with zero attached hydrogens (tertiary/aromatic N) is 4. The van der Waals surface area contributed by atoms with Crippen LogP contribution in [0.3, 0.4) is 0 Å². The molecule has 2 aromatic heterocycles. The van der Waals surface area contributed by atoms with Crippen molar-refractivity contribution < 1.29 is 9.21 Å². The largest absolute Gasteiger partial charge is 0.469 e. The Morgan fingerprint density at radius 1 is 1.32 bits per heavy atom. The number of anilines is 1. The van der Waals surface area contributed by atoms with Gasteiger partial charge in [0.1, 0.15) is 5.76 Å². The van der Waals surface area contributed by atoms with E-state index in [-0.39, 0.29) is 17.2 Å². The molecule has 1 amide bonds. The summed E-state index contributed by atoms with van der Waals surface area (Å²) < 4.78 is 7.45. The zero-order chi connectivity index (χ0) is 19.8. The number of amides is 1. The second kappa shape index (κ2) is 7.47. The van der Waals surface area contributed by atoms with E-state index in [9.17, 15) is 4.79 Å². The summed E-state index contributed by atoms with van der Waals surface area (Å²) in [5, 5.41) is 9.20. The fourth-order valence-corrected chi connectivity index (χ4v) is 4.74. The van der Waals surface area contributed by atoms with Crippen molar-refractivity contribution in [1.82, 2.24) is 14.8 Å². The highest BCUT2D eigenvalue weighted by Crippen LogP contribution is 2.35. The van der Waals surface area contributed by atoms with Crippen molar-refractivity contribution in [1.29, 1.82) is 0 Å². The molecular formula is C21H24N4O2S. The molecule has 7 heteroatoms. The summed E-state index contributed by atoms with van der Waals surface area (Å²) in [6.45, 7) is 8.73. The molecular weight excluding hydrogens is 372 g/mol. The molecule has 0 saturated carbocycles. The Bertz CT molecular complexity index is 1010. The van der Waals surface area contributed by atoms with Crippen molar-refractivity contribution in [3.8, 4) is 11.4 Å². The van der Waals surface area contributed by atoms with E-state index < -0.39 is 0 Å². The number of para-hydroxylation sites is 1. The van der Waals surface area contributed by atoms with Crippen LogP contribution in [-0.2, 0) is 17.8 Å². The van der Waals surface area contributed by atoms with E-state index in [0.29, 0.717) is 0 Å². The van der Waals surface area contributed by atoms with Gasteiger partial charge in [0.2, 0.25) is 5.91 Å². The molecule has 0 spiro atoms. The van der Waals surface area contributed by atoms with Gasteiger partial charge >= 0.3 is 0 Å². The fraction of sp³-hybridized carbons (Fsp3) is 0.381. The van der Waals surface area contributed by atoms with Crippen molar-refractivity contribution >= 4 is 23.4 Å². The Labute approximate surface area is 168 Å². The highest BCUT2D eigenvalue weighted by Gasteiger charge is 2.34. The van der Waals surface area contributed by atoms with Crippen molar-refractivity contribution in [3.63, 3.8) is 0 Å². The molecule has 0 bridgehead atoms. The molecule has 6 nitrogen and oxygen atoms in total. The normalized spacial score (nSPS) is 17.0. The summed E-state index contributed by atoms with van der Waals surface area (Å²) in [5.41, 5.74) is 3.19. The topological polar surface area (TPSA) is 64.2 Å². The summed E-state index contributed by atoms with van der Waals surface area (Å²) >= 11 is 1.46. The first-order chi connectivity index (χ1) is 13.5. The van der Waals surface area contributed by atoms with Crippen LogP contribution in [0.25, 0.3) is 11.4 Å². The smallest absolute Gasteiger partial charge is 0.240 e. The first-order valence-corrected chi connectivity index (χ1v) is 10.4. The van der Waals surface area contributed by atoms with E-state index in [1.165, 1.54) is 17.3 Å². The molecule has 0 aliphatic carbocycles. The van der Waals surface area contributed by atoms with Crippen molar-refractivity contribution in [3.05, 3.63) is 47.9 Å². The number of thioether (sulfide) groups is 1. The van der Waals surface area contributed by atoms with Gasteiger partial charge in [0, 0.05) is 18.3 Å². The zero-order valence-electron chi connectivity index (χ0n) is 16.5. The molecule has 2 unspecified atom stereocenters. The van der Waals surface area contributed by atoms with E-state index in [1.54, 1.807) is 6.26 Å². The molecule has 0 radical (unpaired) electrons. The highest BCUT2D eigenvalue weighted by atomic mass is 32.2. The van der Waals surface area contributed by atoms with Crippen molar-refractivity contribution in [2.45, 2.75) is 57.1 Å². The maximum Gasteiger partial charge on any atom is 0.240 e. The average Bonchev–Trinajstić information content (AvgIpc) is 3.36. The molecule has 1 aliphatic heterocycles. The fourth-order valence-electron chi connectivity index (χ4n) is 3.78. The number of hydrogen-bond acceptors (Lipinski definition) is 5. The van der Waals surface area contributed by atoms with Crippen LogP contribution in [0.2, 0.25) is 0 Å². The molecule has 4 rings (SSSR count). The van der Waals surface area contributed by atoms with Gasteiger partial charge in [0.15, 0.2) is 11.0 Å². The van der Waals surface area contributed by atoms with Gasteiger partial charge in [-0.05, 0) is 51.8 Å². The number of carbonyl (C=O) groups excluding carboxylic acids is 1. The minimum absolute atomic E-state index is 0.106. The van der Waals surface area contributed by atoms with Gasteiger partial charge in [-0.1, -0.05) is 30.0 Å². The summed E-state index contributed by atoms with van der Waals surface area (Å²) in [6, 6.07) is 10.2. The third kappa shape index (κ3) is 3.13. The lowest BCUT2D eigenvalue weighted by molar-refractivity contribution is -0.118. The van der Waals surface area contributed by atoms with Crippen LogP contribution < -0.4 is 4.90 Å². The van der Waals surface area contributed by atoms with Crippen LogP contribution in [0, 0.1) is 6.92 Å². The Balaban J connectivity index is 1.58. The van der Waals surface area contributed by atoms with E-state index in [2.05, 4.69) is 30.1 Å². The minimum Gasteiger partial charge on any atom is -0.469 e. The standard InChI is InChI=1S/C21H24N4O2S/c1-5-24-19(17-10-11-27-14(17)3)22-23-21(24)28-15(4)20(26)25-13(2)12-16-8-6-7-9-18(16)25/h6-11,13,15H,5,12H2,1-4H3. The molecule has 146 valence electrons. The van der Waals surface area contributed by atoms with Gasteiger partial charge in [0.25, 0.3) is 0 Å². The lowest BCUT2D eigenvalue weighted by Gasteiger charge is -2.25. The summed E-state index contributed by atoms with van der Waals surface area (Å²) in [7, 11) is 0. The second-order valence-corrected chi connectivity index (χ2v) is 8.40. The van der Waals surface area contributed by atoms with Crippen molar-refractivity contribution in [2.24, 2.45) is 0 Å². The number of hydrogen-bond donors (Lipinski definition) is 0. The van der Waals surface area contributed by atoms with Crippen LogP contribution >= 0.6 is 11.8 Å². The zero-order valence-corrected chi connectivity index (χ0v) is 17.4. The number of furan rings is 1. The van der Waals surface area contributed by atoms with E-state index >= 15 is 0 Å². The van der Waals surface area contributed by atoms with Gasteiger partial charge < -0.3 is 13.9 Å². The molecule has 0 N–H and O–H groups in total. The van der Waals surface area contributed by atoms with Crippen LogP contribution in [0.1, 0.15) is 32.1 Å². The predicted molar refractivity (Wildman–Crippen MR) is 111 cm³/mol. The van der Waals surface area contributed by atoms with Crippen LogP contribution in [-0.4, -0.2) is 32.0 Å². The molecule has 2 atom stereocenters. The maximum atomic E-state index is 13.2. The molecule has 3 heterocycles. The number of aromatic nitrogens is 3. The first kappa shape index (κ1) is 18.8. The first-order valence-electron chi connectivity index (χ1n) is 9.56. The summed E-state index contributed by atoms with van der Waals surface area (Å²) in [6.07, 6.45) is 2.55. The quantitative estimate of drug-likeness (QED) is 0.601. The highest BCUT2D eigenvalue weighted by molar-refractivity contribution is 8.00. The van der Waals surface area contributed by atoms with E-state index in [0.717, 1.165) is 41.0 Å². The number of benzene rings is 1. The van der Waals surface area contributed by atoms with Gasteiger partial charge in [0.05, 0.1) is 17.1 Å². The maximum absolute atomic E-state index is 13.2. The minimum atomic E-state index is -0.263. The SMILES string of the molecule is CCn1c(SC(C)C(=O)N2c3ccccc3CC2C)nnc1-c1ccoc1C.